The molecule has 3 aliphatic rings. The summed E-state index contributed by atoms with van der Waals surface area (Å²) in [5.41, 5.74) is 3.03. The minimum Gasteiger partial charge on any atom is -0.454 e. The van der Waals surface area contributed by atoms with Gasteiger partial charge in [-0.1, -0.05) is 31.0 Å². The van der Waals surface area contributed by atoms with Gasteiger partial charge in [-0.05, 0) is 61.9 Å². The lowest BCUT2D eigenvalue weighted by molar-refractivity contribution is -0.132. The van der Waals surface area contributed by atoms with Crippen LogP contribution in [0.15, 0.2) is 47.5 Å². The predicted molar refractivity (Wildman–Crippen MR) is 123 cm³/mol. The number of amidine groups is 1. The van der Waals surface area contributed by atoms with Crippen molar-refractivity contribution in [2.45, 2.75) is 45.4 Å². The Kier molecular flexibility index (Phi) is 5.66. The zero-order valence-electron chi connectivity index (χ0n) is 18.3. The number of aryl methyl sites for hydroxylation is 1. The van der Waals surface area contributed by atoms with E-state index in [2.05, 4.69) is 28.9 Å². The fraction of sp³-hybridized carbons (Fsp3) is 0.462. The number of rotatable bonds is 2. The number of nitrogens with zero attached hydrogens (tertiary/aromatic N) is 3. The number of hydrogen-bond donors (Lipinski definition) is 0. The number of amides is 1. The fourth-order valence-electron chi connectivity index (χ4n) is 5.04. The first-order valence-electron chi connectivity index (χ1n) is 11.7. The Morgan fingerprint density at radius 2 is 1.84 bits per heavy atom. The molecule has 0 radical (unpaired) electrons. The second-order valence-corrected chi connectivity index (χ2v) is 9.08. The largest absolute Gasteiger partial charge is 0.454 e. The smallest absolute Gasteiger partial charge is 0.222 e. The van der Waals surface area contributed by atoms with Gasteiger partial charge >= 0.3 is 0 Å². The van der Waals surface area contributed by atoms with E-state index in [4.69, 9.17) is 9.73 Å². The number of para-hydroxylation sites is 1. The molecular weight excluding hydrogens is 386 g/mol. The van der Waals surface area contributed by atoms with Crippen LogP contribution < -0.4 is 4.74 Å². The van der Waals surface area contributed by atoms with Crippen LogP contribution in [0.2, 0.25) is 0 Å². The Morgan fingerprint density at radius 1 is 1.00 bits per heavy atom. The molecule has 2 aliphatic heterocycles. The third kappa shape index (κ3) is 4.32. The standard InChI is InChI=1S/C26H31N3O2/c1-19-11-12-22-24(17-19)31-23-10-5-4-9-21(23)26(27-22)29-14-6-13-28(15-16-29)25(30)18-20-7-2-3-8-20/h4-5,9-12,17,20H,2-3,6-8,13-16,18H2,1H3. The second kappa shape index (κ2) is 8.74. The second-order valence-electron chi connectivity index (χ2n) is 9.08. The molecule has 0 spiro atoms. The molecule has 2 aromatic carbocycles. The van der Waals surface area contributed by atoms with Gasteiger partial charge in [0, 0.05) is 32.6 Å². The monoisotopic (exact) mass is 417 g/mol. The molecule has 162 valence electrons. The van der Waals surface area contributed by atoms with E-state index in [0.717, 1.165) is 73.2 Å². The maximum atomic E-state index is 12.9. The SMILES string of the molecule is Cc1ccc2c(c1)Oc1ccccc1C(N1CCCN(C(=O)CC3CCCC3)CC1)=N2. The van der Waals surface area contributed by atoms with Crippen LogP contribution in [0.4, 0.5) is 5.69 Å². The lowest BCUT2D eigenvalue weighted by Gasteiger charge is -2.25. The van der Waals surface area contributed by atoms with Crippen molar-refractivity contribution < 1.29 is 9.53 Å². The third-order valence-corrected chi connectivity index (χ3v) is 6.78. The predicted octanol–water partition coefficient (Wildman–Crippen LogP) is 5.29. The first-order chi connectivity index (χ1) is 15.2. The highest BCUT2D eigenvalue weighted by atomic mass is 16.5. The van der Waals surface area contributed by atoms with E-state index < -0.39 is 0 Å². The van der Waals surface area contributed by atoms with Crippen molar-refractivity contribution in [3.05, 3.63) is 53.6 Å². The average Bonchev–Trinajstić information content (AvgIpc) is 3.07. The first kappa shape index (κ1) is 20.1. The van der Waals surface area contributed by atoms with E-state index in [1.807, 2.05) is 30.3 Å². The highest BCUT2D eigenvalue weighted by molar-refractivity contribution is 6.03. The van der Waals surface area contributed by atoms with Gasteiger partial charge in [-0.15, -0.1) is 0 Å². The van der Waals surface area contributed by atoms with Crippen LogP contribution in [0.1, 0.15) is 49.7 Å². The number of benzene rings is 2. The Hall–Kier alpha value is -2.82. The van der Waals surface area contributed by atoms with Crippen molar-refractivity contribution in [2.24, 2.45) is 10.9 Å². The molecule has 2 aromatic rings. The zero-order valence-corrected chi connectivity index (χ0v) is 18.3. The number of fused-ring (bicyclic) bond motifs is 2. The molecule has 0 N–H and O–H groups in total. The fourth-order valence-corrected chi connectivity index (χ4v) is 5.04. The molecule has 0 aromatic heterocycles. The summed E-state index contributed by atoms with van der Waals surface area (Å²) in [6.07, 6.45) is 6.70. The number of carbonyl (C=O) groups is 1. The van der Waals surface area contributed by atoms with E-state index in [1.165, 1.54) is 25.7 Å². The normalized spacial score (nSPS) is 19.1. The molecule has 1 saturated carbocycles. The van der Waals surface area contributed by atoms with E-state index >= 15 is 0 Å². The number of ether oxygens (including phenoxy) is 1. The quantitative estimate of drug-likeness (QED) is 0.667. The van der Waals surface area contributed by atoms with Crippen molar-refractivity contribution in [2.75, 3.05) is 26.2 Å². The lowest BCUT2D eigenvalue weighted by Crippen LogP contribution is -2.38. The lowest BCUT2D eigenvalue weighted by atomic mass is 10.0. The Labute approximate surface area is 184 Å². The summed E-state index contributed by atoms with van der Waals surface area (Å²) in [4.78, 5) is 22.4. The van der Waals surface area contributed by atoms with Crippen molar-refractivity contribution >= 4 is 17.4 Å². The molecule has 0 unspecified atom stereocenters. The summed E-state index contributed by atoms with van der Waals surface area (Å²) in [7, 11) is 0. The minimum atomic E-state index is 0.334. The first-order valence-corrected chi connectivity index (χ1v) is 11.7. The van der Waals surface area contributed by atoms with Gasteiger partial charge in [-0.2, -0.15) is 0 Å². The zero-order chi connectivity index (χ0) is 21.2. The molecular formula is C26H31N3O2. The number of carbonyl (C=O) groups excluding carboxylic acids is 1. The van der Waals surface area contributed by atoms with Crippen LogP contribution in [0.3, 0.4) is 0 Å². The molecule has 0 bridgehead atoms. The summed E-state index contributed by atoms with van der Waals surface area (Å²) in [6.45, 7) is 5.35. The molecule has 5 nitrogen and oxygen atoms in total. The summed E-state index contributed by atoms with van der Waals surface area (Å²) in [5.74, 6) is 3.51. The van der Waals surface area contributed by atoms with Gasteiger partial charge in [0.15, 0.2) is 5.75 Å². The summed E-state index contributed by atoms with van der Waals surface area (Å²) >= 11 is 0. The van der Waals surface area contributed by atoms with Gasteiger partial charge in [0.25, 0.3) is 0 Å². The van der Waals surface area contributed by atoms with Gasteiger partial charge in [0.05, 0.1) is 5.56 Å². The van der Waals surface area contributed by atoms with Crippen LogP contribution in [-0.4, -0.2) is 47.7 Å². The van der Waals surface area contributed by atoms with Crippen LogP contribution in [0.25, 0.3) is 0 Å². The van der Waals surface area contributed by atoms with Gasteiger partial charge in [0.2, 0.25) is 5.91 Å². The van der Waals surface area contributed by atoms with Crippen LogP contribution in [-0.2, 0) is 4.79 Å². The molecule has 2 fully saturated rings. The van der Waals surface area contributed by atoms with Crippen LogP contribution >= 0.6 is 0 Å². The van der Waals surface area contributed by atoms with Crippen molar-refractivity contribution in [3.8, 4) is 11.5 Å². The highest BCUT2D eigenvalue weighted by Crippen LogP contribution is 2.38. The Balaban J connectivity index is 1.38. The topological polar surface area (TPSA) is 45.1 Å². The maximum Gasteiger partial charge on any atom is 0.222 e. The Bertz CT molecular complexity index is 994. The molecule has 1 aliphatic carbocycles. The minimum absolute atomic E-state index is 0.334. The van der Waals surface area contributed by atoms with Crippen molar-refractivity contribution in [1.82, 2.24) is 9.80 Å². The molecule has 2 heterocycles. The van der Waals surface area contributed by atoms with Gasteiger partial charge in [-0.3, -0.25) is 4.79 Å². The highest BCUT2D eigenvalue weighted by Gasteiger charge is 2.27. The average molecular weight is 418 g/mol. The van der Waals surface area contributed by atoms with Gasteiger partial charge < -0.3 is 14.5 Å². The molecule has 1 amide bonds. The van der Waals surface area contributed by atoms with E-state index in [9.17, 15) is 4.79 Å². The summed E-state index contributed by atoms with van der Waals surface area (Å²) < 4.78 is 6.26. The summed E-state index contributed by atoms with van der Waals surface area (Å²) in [6, 6.07) is 14.3. The van der Waals surface area contributed by atoms with Crippen molar-refractivity contribution in [1.29, 1.82) is 0 Å². The maximum absolute atomic E-state index is 12.9. The number of aliphatic imine (C=N–C) groups is 1. The van der Waals surface area contributed by atoms with E-state index in [0.29, 0.717) is 11.8 Å². The van der Waals surface area contributed by atoms with E-state index in [-0.39, 0.29) is 0 Å². The third-order valence-electron chi connectivity index (χ3n) is 6.78. The molecule has 5 heteroatoms. The molecule has 31 heavy (non-hydrogen) atoms. The van der Waals surface area contributed by atoms with Crippen LogP contribution in [0, 0.1) is 12.8 Å². The molecule has 0 atom stereocenters. The van der Waals surface area contributed by atoms with Gasteiger partial charge in [0.1, 0.15) is 17.3 Å². The van der Waals surface area contributed by atoms with Crippen LogP contribution in [0.5, 0.6) is 11.5 Å². The van der Waals surface area contributed by atoms with Crippen molar-refractivity contribution in [3.63, 3.8) is 0 Å². The van der Waals surface area contributed by atoms with Gasteiger partial charge in [-0.25, -0.2) is 4.99 Å². The molecule has 5 rings (SSSR count). The molecule has 1 saturated heterocycles. The summed E-state index contributed by atoms with van der Waals surface area (Å²) in [5, 5.41) is 0. The number of hydrogen-bond acceptors (Lipinski definition) is 4. The van der Waals surface area contributed by atoms with E-state index in [1.54, 1.807) is 0 Å². The Morgan fingerprint density at radius 3 is 2.71 bits per heavy atom.